The first-order chi connectivity index (χ1) is 9.95. The van der Waals surface area contributed by atoms with Gasteiger partial charge < -0.3 is 10.2 Å². The summed E-state index contributed by atoms with van der Waals surface area (Å²) in [5.74, 6) is 0.167. The Morgan fingerprint density at radius 3 is 2.52 bits per heavy atom. The van der Waals surface area contributed by atoms with Gasteiger partial charge in [-0.1, -0.05) is 6.07 Å². The van der Waals surface area contributed by atoms with Gasteiger partial charge in [0, 0.05) is 49.5 Å². The van der Waals surface area contributed by atoms with Crippen molar-refractivity contribution >= 4 is 11.6 Å². The Morgan fingerprint density at radius 2 is 1.86 bits per heavy atom. The van der Waals surface area contributed by atoms with Gasteiger partial charge in [-0.25, -0.2) is 0 Å². The minimum atomic E-state index is 0.167. The van der Waals surface area contributed by atoms with Crippen molar-refractivity contribution in [1.82, 2.24) is 9.80 Å². The molecule has 1 saturated heterocycles. The van der Waals surface area contributed by atoms with Gasteiger partial charge >= 0.3 is 0 Å². The third-order valence-electron chi connectivity index (χ3n) is 4.58. The van der Waals surface area contributed by atoms with Crippen molar-refractivity contribution in [3.63, 3.8) is 0 Å². The Hall–Kier alpha value is -1.55. The molecule has 0 unspecified atom stereocenters. The maximum absolute atomic E-state index is 12.6. The molecule has 1 N–H and O–H groups in total. The summed E-state index contributed by atoms with van der Waals surface area (Å²) in [6.07, 6.45) is 1.06. The number of fused-ring (bicyclic) bond motifs is 1. The van der Waals surface area contributed by atoms with Crippen molar-refractivity contribution in [2.24, 2.45) is 0 Å². The van der Waals surface area contributed by atoms with Crippen molar-refractivity contribution in [1.29, 1.82) is 0 Å². The molecule has 0 atom stereocenters. The molecule has 1 fully saturated rings. The highest BCUT2D eigenvalue weighted by atomic mass is 16.2. The molecule has 3 rings (SSSR count). The Morgan fingerprint density at radius 1 is 1.14 bits per heavy atom. The van der Waals surface area contributed by atoms with Gasteiger partial charge in [0.05, 0.1) is 0 Å². The highest BCUT2D eigenvalue weighted by molar-refractivity contribution is 5.95. The largest absolute Gasteiger partial charge is 0.384 e. The average molecular weight is 287 g/mol. The van der Waals surface area contributed by atoms with Gasteiger partial charge in [-0.05, 0) is 44.9 Å². The van der Waals surface area contributed by atoms with Crippen molar-refractivity contribution in [3.05, 3.63) is 29.3 Å². The molecule has 0 aliphatic carbocycles. The molecule has 1 amide bonds. The minimum Gasteiger partial charge on any atom is -0.384 e. The van der Waals surface area contributed by atoms with Crippen LogP contribution in [0, 0.1) is 0 Å². The fraction of sp³-hybridized carbons (Fsp3) is 0.588. The van der Waals surface area contributed by atoms with Crippen LogP contribution in [-0.2, 0) is 6.42 Å². The number of benzene rings is 1. The lowest BCUT2D eigenvalue weighted by atomic mass is 10.0. The lowest BCUT2D eigenvalue weighted by molar-refractivity contribution is 0.0451. The van der Waals surface area contributed by atoms with Gasteiger partial charge in [0.2, 0.25) is 0 Å². The predicted molar refractivity (Wildman–Crippen MR) is 85.9 cm³/mol. The van der Waals surface area contributed by atoms with E-state index in [1.54, 1.807) is 0 Å². The third-order valence-corrected chi connectivity index (χ3v) is 4.58. The van der Waals surface area contributed by atoms with E-state index in [1.165, 1.54) is 5.56 Å². The molecule has 0 bridgehead atoms. The minimum absolute atomic E-state index is 0.167. The number of rotatable bonds is 1. The summed E-state index contributed by atoms with van der Waals surface area (Å²) in [5.41, 5.74) is 3.46. The number of carbonyl (C=O) groups excluding carboxylic acids is 1. The fourth-order valence-electron chi connectivity index (χ4n) is 3.19. The summed E-state index contributed by atoms with van der Waals surface area (Å²) in [6.45, 7) is 11.2. The number of hydrogen-bond donors (Lipinski definition) is 1. The standard InChI is InChI=1S/C17H25N3O/c1-17(2,3)20-10-8-19(9-11-20)16(21)14-5-4-13-6-7-18-15(13)12-14/h4-5,12,18H,6-11H2,1-3H3. The lowest BCUT2D eigenvalue weighted by Gasteiger charge is -2.42. The molecule has 4 nitrogen and oxygen atoms in total. The van der Waals surface area contributed by atoms with Crippen LogP contribution in [0.1, 0.15) is 36.7 Å². The normalized spacial score (nSPS) is 19.3. The van der Waals surface area contributed by atoms with E-state index in [-0.39, 0.29) is 11.4 Å². The van der Waals surface area contributed by atoms with Crippen LogP contribution < -0.4 is 5.32 Å². The van der Waals surface area contributed by atoms with E-state index in [9.17, 15) is 4.79 Å². The van der Waals surface area contributed by atoms with Crippen LogP contribution in [0.4, 0.5) is 5.69 Å². The summed E-state index contributed by atoms with van der Waals surface area (Å²) in [4.78, 5) is 17.1. The summed E-state index contributed by atoms with van der Waals surface area (Å²) >= 11 is 0. The molecular weight excluding hydrogens is 262 g/mol. The van der Waals surface area contributed by atoms with Crippen LogP contribution in [0.3, 0.4) is 0 Å². The molecule has 2 aliphatic rings. The molecule has 2 heterocycles. The predicted octanol–water partition coefficient (Wildman–Crippen LogP) is 2.21. The van der Waals surface area contributed by atoms with Gasteiger partial charge in [-0.2, -0.15) is 0 Å². The van der Waals surface area contributed by atoms with E-state index in [4.69, 9.17) is 0 Å². The Labute approximate surface area is 127 Å². The van der Waals surface area contributed by atoms with Gasteiger partial charge in [-0.15, -0.1) is 0 Å². The Bertz CT molecular complexity index is 539. The van der Waals surface area contributed by atoms with E-state index < -0.39 is 0 Å². The zero-order chi connectivity index (χ0) is 15.0. The van der Waals surface area contributed by atoms with Crippen LogP contribution >= 0.6 is 0 Å². The van der Waals surface area contributed by atoms with Crippen molar-refractivity contribution in [2.75, 3.05) is 38.0 Å². The first kappa shape index (κ1) is 14.4. The van der Waals surface area contributed by atoms with E-state index in [0.717, 1.165) is 50.4 Å². The summed E-state index contributed by atoms with van der Waals surface area (Å²) < 4.78 is 0. The quantitative estimate of drug-likeness (QED) is 0.860. The maximum Gasteiger partial charge on any atom is 0.254 e. The Balaban J connectivity index is 1.67. The second-order valence-electron chi connectivity index (χ2n) is 7.00. The molecular formula is C17H25N3O. The molecule has 0 saturated carbocycles. The van der Waals surface area contributed by atoms with Crippen LogP contribution in [0.5, 0.6) is 0 Å². The molecule has 1 aromatic rings. The van der Waals surface area contributed by atoms with Crippen molar-refractivity contribution < 1.29 is 4.79 Å². The highest BCUT2D eigenvalue weighted by Gasteiger charge is 2.28. The molecule has 21 heavy (non-hydrogen) atoms. The summed E-state index contributed by atoms with van der Waals surface area (Å²) in [6, 6.07) is 6.08. The van der Waals surface area contributed by atoms with Crippen LogP contribution in [0.2, 0.25) is 0 Å². The maximum atomic E-state index is 12.6. The third kappa shape index (κ3) is 2.91. The lowest BCUT2D eigenvalue weighted by Crippen LogP contribution is -2.54. The average Bonchev–Trinajstić information content (AvgIpc) is 2.93. The van der Waals surface area contributed by atoms with Crippen molar-refractivity contribution in [3.8, 4) is 0 Å². The Kier molecular flexibility index (Phi) is 3.66. The van der Waals surface area contributed by atoms with Gasteiger partial charge in [0.1, 0.15) is 0 Å². The fourth-order valence-corrected chi connectivity index (χ4v) is 3.19. The number of hydrogen-bond acceptors (Lipinski definition) is 3. The first-order valence-corrected chi connectivity index (χ1v) is 7.86. The molecule has 1 aromatic carbocycles. The molecule has 2 aliphatic heterocycles. The van der Waals surface area contributed by atoms with E-state index in [1.807, 2.05) is 17.0 Å². The second-order valence-corrected chi connectivity index (χ2v) is 7.00. The van der Waals surface area contributed by atoms with Crippen LogP contribution in [-0.4, -0.2) is 54.0 Å². The molecule has 0 radical (unpaired) electrons. The molecule has 0 spiro atoms. The number of piperazine rings is 1. The van der Waals surface area contributed by atoms with E-state index >= 15 is 0 Å². The van der Waals surface area contributed by atoms with E-state index in [0.29, 0.717) is 0 Å². The molecule has 4 heteroatoms. The first-order valence-electron chi connectivity index (χ1n) is 7.86. The number of nitrogens with one attached hydrogen (secondary N) is 1. The highest BCUT2D eigenvalue weighted by Crippen LogP contribution is 2.24. The van der Waals surface area contributed by atoms with Gasteiger partial charge in [0.15, 0.2) is 0 Å². The number of amides is 1. The number of carbonyl (C=O) groups is 1. The smallest absolute Gasteiger partial charge is 0.254 e. The molecule has 0 aromatic heterocycles. The number of nitrogens with zero attached hydrogens (tertiary/aromatic N) is 2. The zero-order valence-electron chi connectivity index (χ0n) is 13.3. The van der Waals surface area contributed by atoms with Gasteiger partial charge in [-0.3, -0.25) is 9.69 Å². The van der Waals surface area contributed by atoms with Gasteiger partial charge in [0.25, 0.3) is 5.91 Å². The summed E-state index contributed by atoms with van der Waals surface area (Å²) in [5, 5.41) is 3.35. The SMILES string of the molecule is CC(C)(C)N1CCN(C(=O)c2ccc3c(c2)NCC3)CC1. The van der Waals surface area contributed by atoms with E-state index in [2.05, 4.69) is 37.1 Å². The van der Waals surface area contributed by atoms with Crippen LogP contribution in [0.25, 0.3) is 0 Å². The molecule has 114 valence electrons. The number of anilines is 1. The topological polar surface area (TPSA) is 35.6 Å². The zero-order valence-corrected chi connectivity index (χ0v) is 13.3. The second kappa shape index (κ2) is 5.34. The van der Waals surface area contributed by atoms with Crippen molar-refractivity contribution in [2.45, 2.75) is 32.7 Å². The summed E-state index contributed by atoms with van der Waals surface area (Å²) in [7, 11) is 0. The van der Waals surface area contributed by atoms with Crippen LogP contribution in [0.15, 0.2) is 18.2 Å². The monoisotopic (exact) mass is 287 g/mol.